The first-order valence-electron chi connectivity index (χ1n) is 10.5. The molecular weight excluding hydrogens is 426 g/mol. The van der Waals surface area contributed by atoms with Crippen LogP contribution in [0.3, 0.4) is 0 Å². The van der Waals surface area contributed by atoms with E-state index in [0.29, 0.717) is 34.4 Å². The molecule has 0 fully saturated rings. The van der Waals surface area contributed by atoms with E-state index >= 15 is 0 Å². The van der Waals surface area contributed by atoms with Gasteiger partial charge in [-0.25, -0.2) is 0 Å². The molecule has 0 radical (unpaired) electrons. The highest BCUT2D eigenvalue weighted by molar-refractivity contribution is 6.01. The average Bonchev–Trinajstić information content (AvgIpc) is 3.13. The van der Waals surface area contributed by atoms with Crippen LogP contribution < -0.4 is 24.4 Å². The van der Waals surface area contributed by atoms with E-state index in [0.717, 1.165) is 11.3 Å². The fourth-order valence-electron chi connectivity index (χ4n) is 3.57. The molecule has 1 aliphatic heterocycles. The van der Waals surface area contributed by atoms with Crippen molar-refractivity contribution in [2.75, 3.05) is 23.9 Å². The van der Waals surface area contributed by atoms with Gasteiger partial charge < -0.3 is 29.0 Å². The largest absolute Gasteiger partial charge is 0.497 e. The Labute approximate surface area is 191 Å². The number of carbonyl (C=O) groups is 2. The molecule has 2 aromatic carbocycles. The van der Waals surface area contributed by atoms with E-state index in [1.54, 1.807) is 61.4 Å². The summed E-state index contributed by atoms with van der Waals surface area (Å²) in [6.07, 6.45) is -0.630. The smallest absolute Gasteiger partial charge is 0.268 e. The van der Waals surface area contributed by atoms with Crippen molar-refractivity contribution in [2.45, 2.75) is 33.4 Å². The molecule has 0 saturated carbocycles. The van der Waals surface area contributed by atoms with Crippen molar-refractivity contribution in [3.05, 3.63) is 59.5 Å². The monoisotopic (exact) mass is 451 g/mol. The van der Waals surface area contributed by atoms with Gasteiger partial charge in [0.25, 0.3) is 11.8 Å². The van der Waals surface area contributed by atoms with Crippen molar-refractivity contribution < 1.29 is 28.3 Å². The van der Waals surface area contributed by atoms with Gasteiger partial charge in [-0.2, -0.15) is 0 Å². The quantitative estimate of drug-likeness (QED) is 0.585. The molecule has 4 rings (SSSR count). The summed E-state index contributed by atoms with van der Waals surface area (Å²) in [7, 11) is 1.56. The Morgan fingerprint density at radius 3 is 2.70 bits per heavy atom. The van der Waals surface area contributed by atoms with Gasteiger partial charge in [-0.1, -0.05) is 11.2 Å². The van der Waals surface area contributed by atoms with Gasteiger partial charge in [-0.15, -0.1) is 0 Å². The number of nitrogens with zero attached hydrogens (tertiary/aromatic N) is 2. The highest BCUT2D eigenvalue weighted by Crippen LogP contribution is 2.37. The molecule has 2 heterocycles. The van der Waals surface area contributed by atoms with E-state index in [1.807, 2.05) is 13.8 Å². The maximum atomic E-state index is 12.9. The molecule has 172 valence electrons. The summed E-state index contributed by atoms with van der Waals surface area (Å²) in [5, 5.41) is 6.77. The van der Waals surface area contributed by atoms with Crippen molar-refractivity contribution in [3.8, 4) is 17.2 Å². The first kappa shape index (κ1) is 22.2. The summed E-state index contributed by atoms with van der Waals surface area (Å²) in [4.78, 5) is 27.0. The van der Waals surface area contributed by atoms with Crippen LogP contribution in [0.1, 0.15) is 23.9 Å². The molecule has 0 saturated heterocycles. The maximum absolute atomic E-state index is 12.9. The number of amides is 2. The lowest BCUT2D eigenvalue weighted by molar-refractivity contribution is -0.125. The van der Waals surface area contributed by atoms with Gasteiger partial charge >= 0.3 is 0 Å². The van der Waals surface area contributed by atoms with Crippen LogP contribution in [0.5, 0.6) is 17.2 Å². The first-order chi connectivity index (χ1) is 15.9. The predicted octanol–water partition coefficient (Wildman–Crippen LogP) is 3.63. The summed E-state index contributed by atoms with van der Waals surface area (Å²) in [5.41, 5.74) is 2.64. The lowest BCUT2D eigenvalue weighted by Gasteiger charge is -2.33. The SMILES string of the molecule is COc1cccc(OCC(=O)Nc2ccc3c(c2)N(Cc2c(C)noc2C)C(=O)C(C)O3)c1. The molecule has 1 aromatic heterocycles. The molecule has 0 bridgehead atoms. The minimum atomic E-state index is -0.630. The Morgan fingerprint density at radius 2 is 1.97 bits per heavy atom. The molecule has 0 aliphatic carbocycles. The van der Waals surface area contributed by atoms with Gasteiger partial charge in [-0.05, 0) is 51.1 Å². The molecule has 1 aliphatic rings. The normalized spacial score (nSPS) is 15.0. The second kappa shape index (κ2) is 9.23. The third-order valence-corrected chi connectivity index (χ3v) is 5.36. The van der Waals surface area contributed by atoms with E-state index in [2.05, 4.69) is 10.5 Å². The second-order valence-electron chi connectivity index (χ2n) is 7.69. The van der Waals surface area contributed by atoms with Gasteiger partial charge in [0.05, 0.1) is 25.0 Å². The number of hydrogen-bond acceptors (Lipinski definition) is 7. The number of nitrogens with one attached hydrogen (secondary N) is 1. The Balaban J connectivity index is 1.50. The van der Waals surface area contributed by atoms with E-state index in [-0.39, 0.29) is 25.0 Å². The zero-order valence-corrected chi connectivity index (χ0v) is 18.9. The van der Waals surface area contributed by atoms with Crippen LogP contribution in [0.15, 0.2) is 47.0 Å². The van der Waals surface area contributed by atoms with E-state index in [4.69, 9.17) is 18.7 Å². The van der Waals surface area contributed by atoms with E-state index < -0.39 is 6.10 Å². The minimum Gasteiger partial charge on any atom is -0.497 e. The lowest BCUT2D eigenvalue weighted by atomic mass is 10.1. The molecule has 9 nitrogen and oxygen atoms in total. The number of fused-ring (bicyclic) bond motifs is 1. The molecule has 1 N–H and O–H groups in total. The summed E-state index contributed by atoms with van der Waals surface area (Å²) in [6, 6.07) is 12.2. The number of carbonyl (C=O) groups excluding carboxylic acids is 2. The fourth-order valence-corrected chi connectivity index (χ4v) is 3.57. The average molecular weight is 451 g/mol. The zero-order valence-electron chi connectivity index (χ0n) is 18.9. The highest BCUT2D eigenvalue weighted by atomic mass is 16.5. The predicted molar refractivity (Wildman–Crippen MR) is 121 cm³/mol. The van der Waals surface area contributed by atoms with Crippen molar-refractivity contribution in [3.63, 3.8) is 0 Å². The molecule has 1 atom stereocenters. The number of ether oxygens (including phenoxy) is 3. The van der Waals surface area contributed by atoms with Gasteiger partial charge in [-0.3, -0.25) is 9.59 Å². The topological polar surface area (TPSA) is 103 Å². The molecule has 2 amide bonds. The van der Waals surface area contributed by atoms with Gasteiger partial charge in [0.1, 0.15) is 23.0 Å². The minimum absolute atomic E-state index is 0.181. The molecular formula is C24H25N3O6. The molecule has 9 heteroatoms. The van der Waals surface area contributed by atoms with Crippen LogP contribution in [0.2, 0.25) is 0 Å². The molecule has 0 spiro atoms. The maximum Gasteiger partial charge on any atom is 0.268 e. The second-order valence-corrected chi connectivity index (χ2v) is 7.69. The summed E-state index contributed by atoms with van der Waals surface area (Å²) in [6.45, 7) is 5.46. The van der Waals surface area contributed by atoms with Crippen molar-refractivity contribution in [2.24, 2.45) is 0 Å². The van der Waals surface area contributed by atoms with Crippen LogP contribution in [-0.2, 0) is 16.1 Å². The summed E-state index contributed by atoms with van der Waals surface area (Å²) in [5.74, 6) is 1.84. The number of rotatable bonds is 7. The Morgan fingerprint density at radius 1 is 1.18 bits per heavy atom. The third-order valence-electron chi connectivity index (χ3n) is 5.36. The number of aryl methyl sites for hydroxylation is 2. The zero-order chi connectivity index (χ0) is 23.5. The summed E-state index contributed by atoms with van der Waals surface area (Å²) >= 11 is 0. The third kappa shape index (κ3) is 4.77. The molecule has 33 heavy (non-hydrogen) atoms. The Bertz CT molecular complexity index is 1170. The van der Waals surface area contributed by atoms with Crippen LogP contribution in [0, 0.1) is 13.8 Å². The number of anilines is 2. The van der Waals surface area contributed by atoms with Crippen LogP contribution in [-0.4, -0.2) is 36.8 Å². The lowest BCUT2D eigenvalue weighted by Crippen LogP contribution is -2.44. The van der Waals surface area contributed by atoms with Crippen molar-refractivity contribution in [1.82, 2.24) is 5.16 Å². The number of methoxy groups -OCH3 is 1. The number of hydrogen-bond donors (Lipinski definition) is 1. The first-order valence-corrected chi connectivity index (χ1v) is 10.5. The van der Waals surface area contributed by atoms with Gasteiger partial charge in [0.15, 0.2) is 12.7 Å². The number of aromatic nitrogens is 1. The standard InChI is InChI=1S/C24H25N3O6/c1-14-20(15(2)33-26-14)12-27-21-10-17(8-9-22(21)32-16(3)24(27)29)25-23(28)13-31-19-7-5-6-18(11-19)30-4/h5-11,16H,12-13H2,1-4H3,(H,25,28). The van der Waals surface area contributed by atoms with Gasteiger partial charge in [0, 0.05) is 17.3 Å². The van der Waals surface area contributed by atoms with Crippen molar-refractivity contribution >= 4 is 23.2 Å². The fraction of sp³-hybridized carbons (Fsp3) is 0.292. The Kier molecular flexibility index (Phi) is 6.21. The Hall–Kier alpha value is -4.01. The number of benzene rings is 2. The van der Waals surface area contributed by atoms with Crippen molar-refractivity contribution in [1.29, 1.82) is 0 Å². The van der Waals surface area contributed by atoms with Crippen LogP contribution in [0.25, 0.3) is 0 Å². The summed E-state index contributed by atoms with van der Waals surface area (Å²) < 4.78 is 21.7. The van der Waals surface area contributed by atoms with E-state index in [1.165, 1.54) is 0 Å². The highest BCUT2D eigenvalue weighted by Gasteiger charge is 2.33. The van der Waals surface area contributed by atoms with Gasteiger partial charge in [0.2, 0.25) is 0 Å². The molecule has 3 aromatic rings. The molecule has 1 unspecified atom stereocenters. The van der Waals surface area contributed by atoms with E-state index in [9.17, 15) is 9.59 Å². The van der Waals surface area contributed by atoms with Crippen LogP contribution in [0.4, 0.5) is 11.4 Å². The van der Waals surface area contributed by atoms with Crippen LogP contribution >= 0.6 is 0 Å².